The van der Waals surface area contributed by atoms with Crippen LogP contribution in [0.5, 0.6) is 0 Å². The van der Waals surface area contributed by atoms with Crippen molar-refractivity contribution in [1.29, 1.82) is 0 Å². The summed E-state index contributed by atoms with van der Waals surface area (Å²) in [6.45, 7) is 0.913. The van der Waals surface area contributed by atoms with Crippen molar-refractivity contribution in [2.24, 2.45) is 0 Å². The van der Waals surface area contributed by atoms with Gasteiger partial charge in [-0.25, -0.2) is 4.98 Å². The minimum absolute atomic E-state index is 0.160. The van der Waals surface area contributed by atoms with Gasteiger partial charge in [-0.15, -0.1) is 0 Å². The predicted octanol–water partition coefficient (Wildman–Crippen LogP) is -1.31. The molecule has 0 radical (unpaired) electrons. The average Bonchev–Trinajstić information content (AvgIpc) is 2.93. The Kier molecular flexibility index (Phi) is 3.73. The Morgan fingerprint density at radius 3 is 2.42 bits per heavy atom. The van der Waals surface area contributed by atoms with Gasteiger partial charge in [-0.3, -0.25) is 4.55 Å². The number of ether oxygens (including phenoxy) is 1. The topological polar surface area (TPSA) is 171 Å². The lowest BCUT2D eigenvalue weighted by Crippen LogP contribution is -2.70. The summed E-state index contributed by atoms with van der Waals surface area (Å²) >= 11 is 0. The molecule has 5 N–H and O–H groups in total. The highest BCUT2D eigenvalue weighted by Crippen LogP contribution is 2.44. The summed E-state index contributed by atoms with van der Waals surface area (Å²) in [5.74, 6) is -0.703. The summed E-state index contributed by atoms with van der Waals surface area (Å²) in [5.41, 5.74) is -7.60. The van der Waals surface area contributed by atoms with Crippen molar-refractivity contribution in [1.82, 2.24) is 4.98 Å². The van der Waals surface area contributed by atoms with E-state index in [-0.39, 0.29) is 11.1 Å². The van der Waals surface area contributed by atoms with Gasteiger partial charge in [-0.1, -0.05) is 12.1 Å². The van der Waals surface area contributed by atoms with Gasteiger partial charge in [0, 0.05) is 0 Å². The molecule has 132 valence electrons. The largest absolute Gasteiger partial charge is 0.437 e. The molecular formula is C13H15NO9S. The van der Waals surface area contributed by atoms with Crippen LogP contribution < -0.4 is 0 Å². The molecule has 1 aliphatic rings. The van der Waals surface area contributed by atoms with Crippen LogP contribution in [-0.4, -0.2) is 61.8 Å². The molecule has 24 heavy (non-hydrogen) atoms. The molecule has 1 saturated heterocycles. The van der Waals surface area contributed by atoms with Crippen LogP contribution in [0.15, 0.2) is 28.7 Å². The number of aliphatic hydroxyl groups is 4. The minimum atomic E-state index is -5.14. The summed E-state index contributed by atoms with van der Waals surface area (Å²) in [4.78, 5) is 3.89. The van der Waals surface area contributed by atoms with Crippen LogP contribution in [0.3, 0.4) is 0 Å². The number of aliphatic hydroxyl groups excluding tert-OH is 2. The van der Waals surface area contributed by atoms with Crippen LogP contribution in [0, 0.1) is 0 Å². The van der Waals surface area contributed by atoms with E-state index in [9.17, 15) is 33.4 Å². The van der Waals surface area contributed by atoms with E-state index in [4.69, 9.17) is 4.42 Å². The third kappa shape index (κ3) is 2.33. The number of aromatic nitrogens is 1. The first-order valence-electron chi connectivity index (χ1n) is 6.77. The van der Waals surface area contributed by atoms with E-state index in [0.29, 0.717) is 0 Å². The first kappa shape index (κ1) is 17.2. The standard InChI is InChI=1S/C13H15NO9S/c1-12(17)8(15)13(18,11(23-10(12)16)24(19,20)21)9-14-6-4-2-3-5-7(6)22-9/h2-5,8,10-11,15-18H,1H3,(H,19,20,21)/t8-,10-,11?,12-,13-/m1/s1. The molecule has 1 fully saturated rings. The third-order valence-electron chi connectivity index (χ3n) is 3.99. The molecule has 1 aromatic heterocycles. The lowest BCUT2D eigenvalue weighted by molar-refractivity contribution is -0.342. The van der Waals surface area contributed by atoms with Gasteiger partial charge in [0.1, 0.15) is 17.2 Å². The van der Waals surface area contributed by atoms with Crippen LogP contribution in [0.25, 0.3) is 11.1 Å². The summed E-state index contributed by atoms with van der Waals surface area (Å²) in [6.07, 6.45) is -4.52. The zero-order chi connectivity index (χ0) is 17.9. The molecular weight excluding hydrogens is 346 g/mol. The second-order valence-electron chi connectivity index (χ2n) is 5.78. The molecule has 1 aromatic carbocycles. The maximum absolute atomic E-state index is 11.6. The second kappa shape index (κ2) is 5.20. The minimum Gasteiger partial charge on any atom is -0.437 e. The van der Waals surface area contributed by atoms with Gasteiger partial charge in [0.2, 0.25) is 16.9 Å². The monoisotopic (exact) mass is 361 g/mol. The summed E-state index contributed by atoms with van der Waals surface area (Å²) in [5, 5.41) is 41.0. The predicted molar refractivity (Wildman–Crippen MR) is 77.0 cm³/mol. The van der Waals surface area contributed by atoms with E-state index in [1.54, 1.807) is 12.1 Å². The number of nitrogens with zero attached hydrogens (tertiary/aromatic N) is 1. The van der Waals surface area contributed by atoms with Crippen LogP contribution in [-0.2, 0) is 20.5 Å². The third-order valence-corrected chi connectivity index (χ3v) is 5.00. The number of fused-ring (bicyclic) bond motifs is 1. The molecule has 2 heterocycles. The van der Waals surface area contributed by atoms with Crippen molar-refractivity contribution in [3.63, 3.8) is 0 Å². The fraction of sp³-hybridized carbons (Fsp3) is 0.462. The van der Waals surface area contributed by atoms with Crippen molar-refractivity contribution in [2.75, 3.05) is 0 Å². The fourth-order valence-corrected chi connectivity index (χ4v) is 3.56. The molecule has 11 heteroatoms. The molecule has 2 aromatic rings. The highest BCUT2D eigenvalue weighted by atomic mass is 32.2. The number of rotatable bonds is 2. The molecule has 1 unspecified atom stereocenters. The van der Waals surface area contributed by atoms with E-state index in [1.807, 2.05) is 0 Å². The molecule has 3 rings (SSSR count). The van der Waals surface area contributed by atoms with E-state index >= 15 is 0 Å². The Morgan fingerprint density at radius 2 is 1.83 bits per heavy atom. The highest BCUT2D eigenvalue weighted by molar-refractivity contribution is 7.86. The smallest absolute Gasteiger partial charge is 0.296 e. The van der Waals surface area contributed by atoms with Gasteiger partial charge in [0.15, 0.2) is 11.9 Å². The Labute approximate surface area is 135 Å². The number of para-hydroxylation sites is 2. The van der Waals surface area contributed by atoms with Crippen molar-refractivity contribution in [3.05, 3.63) is 30.2 Å². The summed E-state index contributed by atoms with van der Waals surface area (Å²) in [6, 6.07) is 6.17. The van der Waals surface area contributed by atoms with Crippen molar-refractivity contribution < 1.29 is 42.6 Å². The van der Waals surface area contributed by atoms with Crippen molar-refractivity contribution >= 4 is 21.2 Å². The molecule has 10 nitrogen and oxygen atoms in total. The number of benzene rings is 1. The Balaban J connectivity index is 2.24. The Hall–Kier alpha value is -1.60. The summed E-state index contributed by atoms with van der Waals surface area (Å²) in [7, 11) is -5.14. The first-order chi connectivity index (χ1) is 11.0. The second-order valence-corrected chi connectivity index (χ2v) is 7.23. The molecule has 0 aliphatic carbocycles. The van der Waals surface area contributed by atoms with Crippen LogP contribution in [0.4, 0.5) is 0 Å². The van der Waals surface area contributed by atoms with Gasteiger partial charge < -0.3 is 29.6 Å². The van der Waals surface area contributed by atoms with Crippen molar-refractivity contribution in [2.45, 2.75) is 36.0 Å². The van der Waals surface area contributed by atoms with Crippen LogP contribution >= 0.6 is 0 Å². The maximum Gasteiger partial charge on any atom is 0.296 e. The molecule has 0 spiro atoms. The van der Waals surface area contributed by atoms with Gasteiger partial charge in [0.05, 0.1) is 0 Å². The molecule has 1 aliphatic heterocycles. The van der Waals surface area contributed by atoms with Crippen LogP contribution in [0.2, 0.25) is 0 Å². The van der Waals surface area contributed by atoms with E-state index in [1.165, 1.54) is 12.1 Å². The lowest BCUT2D eigenvalue weighted by atomic mass is 9.81. The molecule has 5 atom stereocenters. The Bertz CT molecular complexity index is 843. The summed E-state index contributed by atoms with van der Waals surface area (Å²) < 4.78 is 42.4. The average molecular weight is 361 g/mol. The van der Waals surface area contributed by atoms with E-state index < -0.39 is 45.0 Å². The quantitative estimate of drug-likeness (QED) is 0.404. The van der Waals surface area contributed by atoms with Crippen LogP contribution in [0.1, 0.15) is 12.8 Å². The number of hydrogen-bond donors (Lipinski definition) is 5. The lowest BCUT2D eigenvalue weighted by Gasteiger charge is -2.48. The van der Waals surface area contributed by atoms with Gasteiger partial charge >= 0.3 is 0 Å². The molecule has 0 bridgehead atoms. The van der Waals surface area contributed by atoms with E-state index in [2.05, 4.69) is 9.72 Å². The highest BCUT2D eigenvalue weighted by Gasteiger charge is 2.67. The maximum atomic E-state index is 11.6. The zero-order valence-electron chi connectivity index (χ0n) is 12.3. The van der Waals surface area contributed by atoms with Gasteiger partial charge in [0.25, 0.3) is 10.1 Å². The molecule has 0 saturated carbocycles. The number of hydrogen-bond acceptors (Lipinski definition) is 9. The SMILES string of the molecule is C[C@]1(O)[C@H](O)OC(S(=O)(=O)O)[C@](O)(c2nc3ccccc3o2)[C@@H]1O. The Morgan fingerprint density at radius 1 is 1.21 bits per heavy atom. The van der Waals surface area contributed by atoms with E-state index in [0.717, 1.165) is 6.92 Å². The van der Waals surface area contributed by atoms with Crippen molar-refractivity contribution in [3.8, 4) is 0 Å². The van der Waals surface area contributed by atoms with Gasteiger partial charge in [-0.05, 0) is 19.1 Å². The molecule has 0 amide bonds. The first-order valence-corrected chi connectivity index (χ1v) is 8.28. The fourth-order valence-electron chi connectivity index (χ4n) is 2.63. The number of oxazole rings is 1. The zero-order valence-corrected chi connectivity index (χ0v) is 13.1. The normalized spacial score (nSPS) is 37.7. The van der Waals surface area contributed by atoms with Gasteiger partial charge in [-0.2, -0.15) is 8.42 Å².